The van der Waals surface area contributed by atoms with E-state index in [2.05, 4.69) is 26.2 Å². The first-order chi connectivity index (χ1) is 6.61. The number of ether oxygens (including phenoxy) is 1. The van der Waals surface area contributed by atoms with Crippen molar-refractivity contribution in [1.82, 2.24) is 5.43 Å². The molecular weight excluding hydrogens is 176 g/mol. The zero-order valence-corrected chi connectivity index (χ0v) is 10.0. The van der Waals surface area contributed by atoms with Gasteiger partial charge in [-0.05, 0) is 31.1 Å². The largest absolute Gasteiger partial charge is 0.385 e. The lowest BCUT2D eigenvalue weighted by atomic mass is 9.92. The molecule has 0 rings (SSSR count). The van der Waals surface area contributed by atoms with Gasteiger partial charge in [0.05, 0.1) is 0 Å². The fraction of sp³-hybridized carbons (Fsp3) is 1.00. The summed E-state index contributed by atoms with van der Waals surface area (Å²) in [6.07, 6.45) is 3.45. The van der Waals surface area contributed by atoms with Gasteiger partial charge >= 0.3 is 0 Å². The molecule has 0 fully saturated rings. The average molecular weight is 202 g/mol. The summed E-state index contributed by atoms with van der Waals surface area (Å²) in [7, 11) is 1.74. The molecule has 0 bridgehead atoms. The molecule has 2 atom stereocenters. The second-order valence-electron chi connectivity index (χ2n) is 4.50. The van der Waals surface area contributed by atoms with Gasteiger partial charge in [0.15, 0.2) is 0 Å². The van der Waals surface area contributed by atoms with Crippen LogP contribution in [0.1, 0.15) is 40.0 Å². The fourth-order valence-corrected chi connectivity index (χ4v) is 1.55. The number of methoxy groups -OCH3 is 1. The molecule has 0 radical (unpaired) electrons. The molecule has 3 heteroatoms. The van der Waals surface area contributed by atoms with Crippen molar-refractivity contribution in [3.8, 4) is 0 Å². The molecule has 0 saturated carbocycles. The highest BCUT2D eigenvalue weighted by atomic mass is 16.5. The van der Waals surface area contributed by atoms with Crippen LogP contribution < -0.4 is 11.3 Å². The third-order valence-electron chi connectivity index (χ3n) is 2.73. The summed E-state index contributed by atoms with van der Waals surface area (Å²) >= 11 is 0. The molecule has 3 nitrogen and oxygen atoms in total. The Morgan fingerprint density at radius 2 is 1.79 bits per heavy atom. The minimum atomic E-state index is 0.424. The molecule has 2 unspecified atom stereocenters. The van der Waals surface area contributed by atoms with Crippen molar-refractivity contribution in [2.24, 2.45) is 17.7 Å². The quantitative estimate of drug-likeness (QED) is 0.467. The highest BCUT2D eigenvalue weighted by Gasteiger charge is 2.15. The van der Waals surface area contributed by atoms with E-state index >= 15 is 0 Å². The van der Waals surface area contributed by atoms with Crippen LogP contribution in [-0.2, 0) is 4.74 Å². The molecule has 0 aliphatic carbocycles. The van der Waals surface area contributed by atoms with Crippen molar-refractivity contribution in [3.63, 3.8) is 0 Å². The maximum absolute atomic E-state index is 5.54. The molecule has 86 valence electrons. The van der Waals surface area contributed by atoms with Crippen LogP contribution in [0, 0.1) is 11.8 Å². The van der Waals surface area contributed by atoms with E-state index in [1.54, 1.807) is 7.11 Å². The van der Waals surface area contributed by atoms with Crippen LogP contribution in [-0.4, -0.2) is 19.8 Å². The maximum atomic E-state index is 5.54. The van der Waals surface area contributed by atoms with Crippen LogP contribution in [0.2, 0.25) is 0 Å². The fourth-order valence-electron chi connectivity index (χ4n) is 1.55. The average Bonchev–Trinajstić information content (AvgIpc) is 2.15. The first-order valence-electron chi connectivity index (χ1n) is 5.56. The van der Waals surface area contributed by atoms with E-state index in [-0.39, 0.29) is 0 Å². The summed E-state index contributed by atoms with van der Waals surface area (Å²) in [5.41, 5.74) is 2.91. The number of nitrogens with one attached hydrogen (secondary N) is 1. The Balaban J connectivity index is 3.74. The molecule has 14 heavy (non-hydrogen) atoms. The number of hydrazine groups is 1. The van der Waals surface area contributed by atoms with Crippen molar-refractivity contribution in [2.75, 3.05) is 13.7 Å². The number of hydrogen-bond donors (Lipinski definition) is 2. The Bertz CT molecular complexity index is 128. The van der Waals surface area contributed by atoms with Crippen molar-refractivity contribution in [1.29, 1.82) is 0 Å². The number of hydrogen-bond acceptors (Lipinski definition) is 3. The van der Waals surface area contributed by atoms with Gasteiger partial charge in [0.1, 0.15) is 0 Å². The molecule has 0 aromatic carbocycles. The third kappa shape index (κ3) is 6.35. The van der Waals surface area contributed by atoms with Gasteiger partial charge in [0.25, 0.3) is 0 Å². The summed E-state index contributed by atoms with van der Waals surface area (Å²) in [5, 5.41) is 0. The Kier molecular flexibility index (Phi) is 8.14. The van der Waals surface area contributed by atoms with Crippen molar-refractivity contribution in [3.05, 3.63) is 0 Å². The van der Waals surface area contributed by atoms with Crippen molar-refractivity contribution >= 4 is 0 Å². The van der Waals surface area contributed by atoms with Gasteiger partial charge in [-0.3, -0.25) is 11.3 Å². The molecule has 3 N–H and O–H groups in total. The van der Waals surface area contributed by atoms with E-state index in [9.17, 15) is 0 Å². The van der Waals surface area contributed by atoms with Crippen LogP contribution in [0.3, 0.4) is 0 Å². The zero-order valence-electron chi connectivity index (χ0n) is 10.0. The smallest absolute Gasteiger partial charge is 0.0465 e. The summed E-state index contributed by atoms with van der Waals surface area (Å²) in [5.74, 6) is 6.87. The van der Waals surface area contributed by atoms with Gasteiger partial charge in [-0.15, -0.1) is 0 Å². The van der Waals surface area contributed by atoms with E-state index in [1.807, 2.05) is 0 Å². The van der Waals surface area contributed by atoms with Gasteiger partial charge in [-0.1, -0.05) is 20.8 Å². The minimum absolute atomic E-state index is 0.424. The molecular formula is C11H26N2O. The van der Waals surface area contributed by atoms with E-state index < -0.39 is 0 Å². The van der Waals surface area contributed by atoms with Crippen molar-refractivity contribution in [2.45, 2.75) is 46.1 Å². The van der Waals surface area contributed by atoms with Gasteiger partial charge in [-0.2, -0.15) is 0 Å². The SMILES string of the molecule is COCCC(C)C(CCC(C)C)NN. The van der Waals surface area contributed by atoms with E-state index in [0.717, 1.165) is 25.4 Å². The molecule has 0 aromatic rings. The first-order valence-corrected chi connectivity index (χ1v) is 5.56. The highest BCUT2D eigenvalue weighted by molar-refractivity contribution is 4.71. The molecule has 0 aromatic heterocycles. The monoisotopic (exact) mass is 202 g/mol. The third-order valence-corrected chi connectivity index (χ3v) is 2.73. The first kappa shape index (κ1) is 13.9. The molecule has 0 heterocycles. The Morgan fingerprint density at radius 3 is 2.21 bits per heavy atom. The lowest BCUT2D eigenvalue weighted by Gasteiger charge is -2.23. The van der Waals surface area contributed by atoms with Crippen LogP contribution in [0.4, 0.5) is 0 Å². The molecule has 0 aliphatic rings. The predicted molar refractivity (Wildman–Crippen MR) is 60.8 cm³/mol. The van der Waals surface area contributed by atoms with Crippen molar-refractivity contribution < 1.29 is 4.74 Å². The standard InChI is InChI=1S/C11H26N2O/c1-9(2)5-6-11(13-12)10(3)7-8-14-4/h9-11,13H,5-8,12H2,1-4H3. The highest BCUT2D eigenvalue weighted by Crippen LogP contribution is 2.15. The van der Waals surface area contributed by atoms with Crippen LogP contribution in [0.15, 0.2) is 0 Å². The molecule has 0 spiro atoms. The number of rotatable bonds is 8. The van der Waals surface area contributed by atoms with Gasteiger partial charge < -0.3 is 4.74 Å². The van der Waals surface area contributed by atoms with Gasteiger partial charge in [0, 0.05) is 19.8 Å². The molecule has 0 amide bonds. The summed E-state index contributed by atoms with van der Waals surface area (Å²) in [6.45, 7) is 7.53. The van der Waals surface area contributed by atoms with E-state index in [0.29, 0.717) is 12.0 Å². The van der Waals surface area contributed by atoms with E-state index in [4.69, 9.17) is 10.6 Å². The molecule has 0 saturated heterocycles. The maximum Gasteiger partial charge on any atom is 0.0465 e. The number of nitrogens with two attached hydrogens (primary N) is 1. The zero-order chi connectivity index (χ0) is 11.0. The topological polar surface area (TPSA) is 47.3 Å². The Hall–Kier alpha value is -0.120. The predicted octanol–water partition coefficient (Wildman–Crippen LogP) is 1.93. The summed E-state index contributed by atoms with van der Waals surface area (Å²) in [6, 6.07) is 0.424. The second kappa shape index (κ2) is 8.21. The van der Waals surface area contributed by atoms with E-state index in [1.165, 1.54) is 6.42 Å². The summed E-state index contributed by atoms with van der Waals surface area (Å²) < 4.78 is 5.06. The second-order valence-corrected chi connectivity index (χ2v) is 4.50. The normalized spacial score (nSPS) is 15.9. The van der Waals surface area contributed by atoms with Gasteiger partial charge in [0.2, 0.25) is 0 Å². The van der Waals surface area contributed by atoms with Crippen LogP contribution >= 0.6 is 0 Å². The van der Waals surface area contributed by atoms with Crippen LogP contribution in [0.25, 0.3) is 0 Å². The lowest BCUT2D eigenvalue weighted by molar-refractivity contribution is 0.167. The van der Waals surface area contributed by atoms with Crippen LogP contribution in [0.5, 0.6) is 0 Å². The summed E-state index contributed by atoms with van der Waals surface area (Å²) in [4.78, 5) is 0. The Labute approximate surface area is 88.4 Å². The molecule has 0 aliphatic heterocycles. The Morgan fingerprint density at radius 1 is 1.14 bits per heavy atom. The lowest BCUT2D eigenvalue weighted by Crippen LogP contribution is -2.40. The minimum Gasteiger partial charge on any atom is -0.385 e. The van der Waals surface area contributed by atoms with Gasteiger partial charge in [-0.25, -0.2) is 0 Å².